The van der Waals surface area contributed by atoms with E-state index in [0.29, 0.717) is 40.8 Å². The largest absolute Gasteiger partial charge is 0.768 e. The Kier molecular flexibility index (Phi) is 32.7. The highest BCUT2D eigenvalue weighted by Crippen LogP contribution is 2.37. The number of nitrogen functional groups attached to an aromatic ring is 1. The third kappa shape index (κ3) is 26.1. The molecule has 0 aliphatic carbocycles. The molecule has 0 saturated carbocycles. The monoisotopic (exact) mass is 1770 g/mol. The lowest BCUT2D eigenvalue weighted by molar-refractivity contribution is -0.515. The first-order chi connectivity index (χ1) is 60.3. The zero-order valence-electron chi connectivity index (χ0n) is 78.6. The van der Waals surface area contributed by atoms with Crippen molar-refractivity contribution >= 4 is 112 Å². The van der Waals surface area contributed by atoms with Crippen molar-refractivity contribution in [1.82, 2.24) is 65.4 Å². The predicted molar refractivity (Wildman–Crippen MR) is 515 cm³/mol. The Morgan fingerprint density at radius 3 is 1.77 bits per heavy atom. The topological polar surface area (TPSA) is 354 Å². The number of thiophene rings is 1. The van der Waals surface area contributed by atoms with Gasteiger partial charge in [0.1, 0.15) is 58.2 Å². The number of para-hydroxylation sites is 1. The van der Waals surface area contributed by atoms with Gasteiger partial charge < -0.3 is 52.5 Å². The molecule has 16 rings (SSSR count). The predicted octanol–water partition coefficient (Wildman–Crippen LogP) is 16.2. The van der Waals surface area contributed by atoms with Crippen molar-refractivity contribution in [3.8, 4) is 0 Å². The summed E-state index contributed by atoms with van der Waals surface area (Å²) < 4.78 is 28.4. The summed E-state index contributed by atoms with van der Waals surface area (Å²) in [7, 11) is 1.63. The van der Waals surface area contributed by atoms with Gasteiger partial charge in [-0.15, -0.1) is 11.3 Å². The number of Topliss-reactive ketones (excluding diaryl/α,β-unsaturated/α-hetero) is 1. The van der Waals surface area contributed by atoms with Crippen LogP contribution in [0.25, 0.3) is 49.2 Å². The number of fused-ring (bicyclic) bond motifs is 6. The zero-order chi connectivity index (χ0) is 93.4. The van der Waals surface area contributed by atoms with Crippen LogP contribution in [-0.2, 0) is 61.3 Å². The van der Waals surface area contributed by atoms with E-state index < -0.39 is 11.1 Å². The minimum atomic E-state index is -2.08. The Labute approximate surface area is 760 Å². The molecule has 2 amide bonds. The fraction of sp³-hybridized carbons (Fsp3) is 0.410. The molecule has 3 unspecified atom stereocenters. The summed E-state index contributed by atoms with van der Waals surface area (Å²) in [6, 6.07) is 44.6. The van der Waals surface area contributed by atoms with Gasteiger partial charge in [-0.1, -0.05) is 192 Å². The summed E-state index contributed by atoms with van der Waals surface area (Å²) in [6.07, 6.45) is 21.4. The van der Waals surface area contributed by atoms with Crippen molar-refractivity contribution in [2.45, 2.75) is 240 Å². The van der Waals surface area contributed by atoms with E-state index in [1.54, 1.807) is 49.8 Å². The van der Waals surface area contributed by atoms with Gasteiger partial charge in [-0.05, 0) is 143 Å². The number of piperidine rings is 1. The number of ketones is 1. The summed E-state index contributed by atoms with van der Waals surface area (Å²) >= 11 is -0.638. The number of rotatable bonds is 12. The maximum absolute atomic E-state index is 12.5. The van der Waals surface area contributed by atoms with E-state index in [9.17, 15) is 23.1 Å². The lowest BCUT2D eigenvalue weighted by Gasteiger charge is -2.23. The van der Waals surface area contributed by atoms with Crippen LogP contribution in [0, 0.1) is 0 Å². The molecule has 11 aromatic heterocycles. The number of carbonyl (C=O) groups excluding carboxylic acids is 3. The molecule has 2 aliphatic heterocycles. The smallest absolute Gasteiger partial charge is 0.328 e. The number of hydrogen-bond acceptors (Lipinski definition) is 21. The second kappa shape index (κ2) is 42.5. The van der Waals surface area contributed by atoms with Gasteiger partial charge in [0.15, 0.2) is 28.5 Å². The second-order valence-electron chi connectivity index (χ2n) is 38.7. The van der Waals surface area contributed by atoms with Crippen LogP contribution < -0.4 is 56.6 Å². The van der Waals surface area contributed by atoms with Gasteiger partial charge in [0, 0.05) is 137 Å². The Morgan fingerprint density at radius 2 is 1.22 bits per heavy atom. The molecule has 28 heteroatoms. The van der Waals surface area contributed by atoms with Crippen LogP contribution in [0.3, 0.4) is 0 Å². The van der Waals surface area contributed by atoms with Crippen LogP contribution >= 0.6 is 11.3 Å². The zero-order valence-corrected chi connectivity index (χ0v) is 80.3. The number of imidazole rings is 1. The van der Waals surface area contributed by atoms with Gasteiger partial charge in [-0.3, -0.25) is 23.6 Å². The van der Waals surface area contributed by atoms with Crippen LogP contribution in [0.1, 0.15) is 242 Å². The highest BCUT2D eigenvalue weighted by atomic mass is 32.2. The Bertz CT molecular complexity index is 6190. The third-order valence-corrected chi connectivity index (χ3v) is 23.1. The van der Waals surface area contributed by atoms with Crippen molar-refractivity contribution in [3.63, 3.8) is 0 Å². The lowest BCUT2D eigenvalue weighted by atomic mass is 9.85. The second-order valence-corrected chi connectivity index (χ2v) is 40.7. The average molecular weight is 1770 g/mol. The minimum absolute atomic E-state index is 0.00319. The van der Waals surface area contributed by atoms with Crippen LogP contribution in [0.2, 0.25) is 0 Å². The van der Waals surface area contributed by atoms with Crippen molar-refractivity contribution in [2.75, 3.05) is 49.2 Å². The molecule has 0 radical (unpaired) electrons. The number of pyridine rings is 4. The van der Waals surface area contributed by atoms with Gasteiger partial charge in [0.2, 0.25) is 0 Å². The molecular weight excluding hydrogens is 1640 g/mol. The van der Waals surface area contributed by atoms with Crippen LogP contribution in [-0.4, -0.2) is 121 Å². The van der Waals surface area contributed by atoms with Crippen molar-refractivity contribution < 1.29 is 36.3 Å². The summed E-state index contributed by atoms with van der Waals surface area (Å²) in [5.41, 5.74) is 33.4. The summed E-state index contributed by atoms with van der Waals surface area (Å²) in [5, 5.41) is 14.7. The minimum Gasteiger partial charge on any atom is -0.768 e. The normalized spacial score (nSPS) is 14.5. The highest BCUT2D eigenvalue weighted by molar-refractivity contribution is 7.79. The van der Waals surface area contributed by atoms with Gasteiger partial charge in [0.05, 0.1) is 52.3 Å². The van der Waals surface area contributed by atoms with Crippen molar-refractivity contribution in [1.29, 1.82) is 0 Å². The summed E-state index contributed by atoms with van der Waals surface area (Å²) in [6.45, 7) is 49.0. The van der Waals surface area contributed by atoms with Gasteiger partial charge in [-0.25, -0.2) is 38.1 Å². The molecule has 26 nitrogen and oxygen atoms in total. The molecule has 676 valence electrons. The van der Waals surface area contributed by atoms with E-state index in [-0.39, 0.29) is 62.2 Å². The number of hydrogen-bond donors (Lipinski definition) is 7. The SMILES string of the molecule is CC(C)(C)c1ccnc2cc(CN)ccc12.CC(C)(C)c1nc2cccc[n+]2cc1N.CC(C)(C)c1ncnc2sc(C(=O)NC3CCCNC3)cc12.CC(C)n1cnc2nc(C(C)(C)C)nc(N3CCC(N)C3)c21.CCC(=O)Cc1c[n+]2ccccc2nc1C(C)(C)C.CNC(=O)c1ccccc1Nc1c[n+]2ccccc2nc1C(C)(C)C.O=S([O-])c1ccccc1. The number of anilines is 4. The van der Waals surface area contributed by atoms with E-state index in [1.165, 1.54) is 22.3 Å². The highest BCUT2D eigenvalue weighted by Gasteiger charge is 2.33. The molecule has 0 spiro atoms. The molecular formula is C100H131N21O5S2+2. The van der Waals surface area contributed by atoms with Crippen LogP contribution in [0.15, 0.2) is 200 Å². The van der Waals surface area contributed by atoms with Crippen LogP contribution in [0.4, 0.5) is 22.9 Å². The Balaban J connectivity index is 0.000000158. The first-order valence-electron chi connectivity index (χ1n) is 43.9. The van der Waals surface area contributed by atoms with E-state index in [1.807, 2.05) is 149 Å². The standard InChI is InChI=1S/C20H22N4O.C16H26N6.C16H22N4OS.C16H21N2O.C14H18N2.C12H16N3.C6H6O2S/c1-20(2,3)18-16(13-24-12-8-7-11-17(24)23-18)22-15-10-6-5-9-14(15)19(25)21-4;1-10(2)22-9-18-13-12(22)14(21-7-6-11(17)8-21)20-15(19-13)16(3,4)5;1-16(2,3)13-11-7-12(22-15(11)19-9-18-13)14(21)20-10-5-4-6-17-8-10;1-5-13(19)10-12-11-18-9-7-6-8-14(18)17-15(12)16(2,3)4;1-14(2,3)12-6-7-16-13-8-10(9-15)4-5-11(12)13;1-12(2,3)11-9(13)8-15-7-5-4-6-10(15)14-11;7-9(8)6-4-2-1-3-5-6/h5-13H,1-4H3,(H-,21,22,25);9-11H,6-8,17H2,1-5H3;7,9-10,17H,4-6,8H2,1-3H3,(H,20,21);6-9,11H,5,10H2,1-4H3;4-8H,9,15H2,1-3H3;4-8H,13H2,1-3H3;1-5H,(H,7,8)/q;;;+1;;+1;. The number of benzene rings is 3. The fourth-order valence-electron chi connectivity index (χ4n) is 14.7. The van der Waals surface area contributed by atoms with Crippen molar-refractivity contribution in [2.24, 2.45) is 11.5 Å². The van der Waals surface area contributed by atoms with E-state index in [2.05, 4.69) is 218 Å². The van der Waals surface area contributed by atoms with E-state index in [4.69, 9.17) is 37.1 Å². The maximum atomic E-state index is 12.5. The number of nitrogens with two attached hydrogens (primary N) is 3. The fourth-order valence-corrected chi connectivity index (χ4v) is 16.0. The molecule has 128 heavy (non-hydrogen) atoms. The molecule has 3 aromatic carbocycles. The number of nitrogens with zero attached hydrogens (tertiary/aromatic N) is 14. The first-order valence-corrected chi connectivity index (χ1v) is 45.8. The molecule has 3 atom stereocenters. The van der Waals surface area contributed by atoms with Gasteiger partial charge >= 0.3 is 16.9 Å². The third-order valence-electron chi connectivity index (χ3n) is 21.4. The number of carbonyl (C=O) groups is 3. The van der Waals surface area contributed by atoms with E-state index >= 15 is 0 Å². The molecule has 0 bridgehead atoms. The molecule has 2 fully saturated rings. The van der Waals surface area contributed by atoms with Gasteiger partial charge in [0.25, 0.3) is 11.8 Å². The van der Waals surface area contributed by atoms with Crippen LogP contribution in [0.5, 0.6) is 0 Å². The number of nitrogens with one attached hydrogen (secondary N) is 4. The van der Waals surface area contributed by atoms with Crippen molar-refractivity contribution in [3.05, 3.63) is 251 Å². The number of amides is 2. The maximum Gasteiger partial charge on any atom is 0.328 e. The molecule has 13 heterocycles. The molecule has 2 aliphatic rings. The van der Waals surface area contributed by atoms with E-state index in [0.717, 1.165) is 152 Å². The molecule has 10 N–H and O–H groups in total. The Morgan fingerprint density at radius 1 is 0.625 bits per heavy atom. The molecule has 14 aromatic rings. The average Bonchev–Trinajstić information content (AvgIpc) is 1.60. The summed E-state index contributed by atoms with van der Waals surface area (Å²) in [4.78, 5) is 82.0. The van der Waals surface area contributed by atoms with Gasteiger partial charge in [-0.2, -0.15) is 0 Å². The Hall–Kier alpha value is -11.7. The summed E-state index contributed by atoms with van der Waals surface area (Å²) in [5.74, 6) is 1.94. The quantitative estimate of drug-likeness (QED) is 0.0441. The first kappa shape index (κ1) is 98.5. The number of aromatic nitrogens is 13. The molecule has 2 saturated heterocycles. The lowest BCUT2D eigenvalue weighted by Crippen LogP contribution is -2.45.